The van der Waals surface area contributed by atoms with Crippen LogP contribution in [0.2, 0.25) is 0 Å². The molecule has 1 aliphatic rings. The van der Waals surface area contributed by atoms with Crippen LogP contribution >= 0.6 is 0 Å². The van der Waals surface area contributed by atoms with Gasteiger partial charge in [-0.2, -0.15) is 0 Å². The third kappa shape index (κ3) is 2.78. The Morgan fingerprint density at radius 3 is 2.68 bits per heavy atom. The highest BCUT2D eigenvalue weighted by molar-refractivity contribution is 5.80. The lowest BCUT2D eigenvalue weighted by atomic mass is 10.2. The van der Waals surface area contributed by atoms with Crippen molar-refractivity contribution in [2.45, 2.75) is 39.0 Å². The Labute approximate surface area is 128 Å². The number of aryl methyl sites for hydroxylation is 1. The molecular weight excluding hydrogens is 282 g/mol. The lowest BCUT2D eigenvalue weighted by molar-refractivity contribution is -0.122. The number of aromatic nitrogens is 2. The van der Waals surface area contributed by atoms with E-state index >= 15 is 0 Å². The number of nitrogens with one attached hydrogen (secondary N) is 1. The number of fused-ring (bicyclic) bond motifs is 1. The summed E-state index contributed by atoms with van der Waals surface area (Å²) in [4.78, 5) is 24.6. The van der Waals surface area contributed by atoms with Gasteiger partial charge in [0.2, 0.25) is 5.91 Å². The van der Waals surface area contributed by atoms with Gasteiger partial charge in [0.15, 0.2) is 0 Å². The maximum atomic E-state index is 12.4. The minimum absolute atomic E-state index is 0.0407. The summed E-state index contributed by atoms with van der Waals surface area (Å²) in [7, 11) is 0. The molecule has 2 aromatic rings. The van der Waals surface area contributed by atoms with Gasteiger partial charge in [-0.3, -0.25) is 13.9 Å². The Kier molecular flexibility index (Phi) is 4.29. The van der Waals surface area contributed by atoms with Crippen molar-refractivity contribution in [2.75, 3.05) is 13.2 Å². The summed E-state index contributed by atoms with van der Waals surface area (Å²) in [5.41, 5.74) is 1.51. The van der Waals surface area contributed by atoms with Crippen molar-refractivity contribution in [3.8, 4) is 0 Å². The van der Waals surface area contributed by atoms with Crippen LogP contribution in [0, 0.1) is 0 Å². The number of hydrogen-bond acceptors (Lipinski definition) is 3. The number of imidazole rings is 1. The van der Waals surface area contributed by atoms with E-state index in [1.165, 1.54) is 4.57 Å². The fourth-order valence-corrected chi connectivity index (χ4v) is 2.96. The highest BCUT2D eigenvalue weighted by atomic mass is 16.5. The third-order valence-corrected chi connectivity index (χ3v) is 4.09. The van der Waals surface area contributed by atoms with Crippen molar-refractivity contribution >= 4 is 16.9 Å². The van der Waals surface area contributed by atoms with E-state index in [2.05, 4.69) is 5.32 Å². The van der Waals surface area contributed by atoms with Crippen LogP contribution in [0.5, 0.6) is 0 Å². The first-order chi connectivity index (χ1) is 10.7. The van der Waals surface area contributed by atoms with Gasteiger partial charge in [-0.1, -0.05) is 12.1 Å². The molecule has 1 fully saturated rings. The smallest absolute Gasteiger partial charge is 0.329 e. The number of nitrogens with zero attached hydrogens (tertiary/aromatic N) is 2. The standard InChI is InChI=1S/C16H21N3O3/c1-2-18-13-7-3-4-8-14(13)19(16(18)21)11-15(20)17-10-12-6-5-9-22-12/h3-4,7-8,12H,2,5-6,9-11H2,1H3,(H,17,20)/t12-/m0/s1. The number of para-hydroxylation sites is 2. The largest absolute Gasteiger partial charge is 0.376 e. The number of rotatable bonds is 5. The SMILES string of the molecule is CCn1c(=O)n(CC(=O)NC[C@@H]2CCCO2)c2ccccc21. The highest BCUT2D eigenvalue weighted by Gasteiger charge is 2.18. The topological polar surface area (TPSA) is 65.3 Å². The monoisotopic (exact) mass is 303 g/mol. The van der Waals surface area contributed by atoms with Crippen LogP contribution in [-0.4, -0.2) is 34.3 Å². The molecule has 0 aliphatic carbocycles. The number of benzene rings is 1. The van der Waals surface area contributed by atoms with E-state index in [0.29, 0.717) is 13.1 Å². The molecule has 1 aliphatic heterocycles. The number of carbonyl (C=O) groups excluding carboxylic acids is 1. The summed E-state index contributed by atoms with van der Waals surface area (Å²) < 4.78 is 8.70. The Hall–Kier alpha value is -2.08. The molecule has 0 unspecified atom stereocenters. The fourth-order valence-electron chi connectivity index (χ4n) is 2.96. The van der Waals surface area contributed by atoms with E-state index in [1.807, 2.05) is 31.2 Å². The van der Waals surface area contributed by atoms with Gasteiger partial charge in [-0.25, -0.2) is 4.79 Å². The Morgan fingerprint density at radius 1 is 1.32 bits per heavy atom. The molecule has 0 radical (unpaired) electrons. The molecule has 3 rings (SSSR count). The van der Waals surface area contributed by atoms with Crippen molar-refractivity contribution in [1.29, 1.82) is 0 Å². The predicted molar refractivity (Wildman–Crippen MR) is 83.9 cm³/mol. The van der Waals surface area contributed by atoms with Crippen LogP contribution in [0.3, 0.4) is 0 Å². The average molecular weight is 303 g/mol. The first-order valence-electron chi connectivity index (χ1n) is 7.77. The number of amides is 1. The molecule has 22 heavy (non-hydrogen) atoms. The first kappa shape index (κ1) is 14.8. The summed E-state index contributed by atoms with van der Waals surface area (Å²) in [5, 5.41) is 2.86. The third-order valence-electron chi connectivity index (χ3n) is 4.09. The van der Waals surface area contributed by atoms with Crippen LogP contribution in [0.1, 0.15) is 19.8 Å². The normalized spacial score (nSPS) is 18.0. The molecule has 0 saturated carbocycles. The minimum atomic E-state index is -0.156. The van der Waals surface area contributed by atoms with Crippen molar-refractivity contribution in [3.63, 3.8) is 0 Å². The number of ether oxygens (including phenoxy) is 1. The summed E-state index contributed by atoms with van der Waals surface area (Å²) >= 11 is 0. The molecule has 6 nitrogen and oxygen atoms in total. The van der Waals surface area contributed by atoms with Crippen molar-refractivity contribution in [1.82, 2.24) is 14.5 Å². The Morgan fingerprint density at radius 2 is 2.05 bits per heavy atom. The molecule has 1 aromatic carbocycles. The maximum Gasteiger partial charge on any atom is 0.329 e. The molecule has 0 bridgehead atoms. The Bertz CT molecular complexity index is 726. The van der Waals surface area contributed by atoms with Gasteiger partial charge in [0, 0.05) is 19.7 Å². The number of hydrogen-bond donors (Lipinski definition) is 1. The van der Waals surface area contributed by atoms with Gasteiger partial charge < -0.3 is 10.1 Å². The van der Waals surface area contributed by atoms with E-state index in [-0.39, 0.29) is 24.2 Å². The van der Waals surface area contributed by atoms with E-state index in [9.17, 15) is 9.59 Å². The van der Waals surface area contributed by atoms with Gasteiger partial charge in [0.05, 0.1) is 17.1 Å². The first-order valence-corrected chi connectivity index (χ1v) is 7.77. The molecule has 1 amide bonds. The molecule has 118 valence electrons. The van der Waals surface area contributed by atoms with Crippen LogP contribution in [0.15, 0.2) is 29.1 Å². The molecule has 6 heteroatoms. The van der Waals surface area contributed by atoms with Gasteiger partial charge in [-0.15, -0.1) is 0 Å². The second kappa shape index (κ2) is 6.36. The molecule has 2 heterocycles. The van der Waals surface area contributed by atoms with Crippen LogP contribution < -0.4 is 11.0 Å². The molecule has 1 atom stereocenters. The van der Waals surface area contributed by atoms with Gasteiger partial charge in [-0.05, 0) is 31.9 Å². The fraction of sp³-hybridized carbons (Fsp3) is 0.500. The van der Waals surface area contributed by atoms with E-state index in [4.69, 9.17) is 4.74 Å². The molecular formula is C16H21N3O3. The maximum absolute atomic E-state index is 12.4. The molecule has 1 saturated heterocycles. The average Bonchev–Trinajstić information content (AvgIpc) is 3.13. The van der Waals surface area contributed by atoms with E-state index in [1.54, 1.807) is 4.57 Å². The summed E-state index contributed by atoms with van der Waals surface area (Å²) in [6.07, 6.45) is 2.14. The Balaban J connectivity index is 1.77. The minimum Gasteiger partial charge on any atom is -0.376 e. The summed E-state index contributed by atoms with van der Waals surface area (Å²) in [6.45, 7) is 3.84. The zero-order valence-corrected chi connectivity index (χ0v) is 12.7. The van der Waals surface area contributed by atoms with E-state index < -0.39 is 0 Å². The summed E-state index contributed by atoms with van der Waals surface area (Å²) in [6, 6.07) is 7.55. The van der Waals surface area contributed by atoms with Crippen molar-refractivity contribution < 1.29 is 9.53 Å². The van der Waals surface area contributed by atoms with Crippen LogP contribution in [-0.2, 0) is 22.6 Å². The predicted octanol–water partition coefficient (Wildman–Crippen LogP) is 1.12. The molecule has 1 N–H and O–H groups in total. The van der Waals surface area contributed by atoms with Crippen molar-refractivity contribution in [2.24, 2.45) is 0 Å². The molecule has 0 spiro atoms. The summed E-state index contributed by atoms with van der Waals surface area (Å²) in [5.74, 6) is -0.156. The van der Waals surface area contributed by atoms with Crippen LogP contribution in [0.25, 0.3) is 11.0 Å². The zero-order valence-electron chi connectivity index (χ0n) is 12.7. The van der Waals surface area contributed by atoms with Gasteiger partial charge in [0.1, 0.15) is 6.54 Å². The van der Waals surface area contributed by atoms with Gasteiger partial charge >= 0.3 is 5.69 Å². The second-order valence-electron chi connectivity index (χ2n) is 5.54. The van der Waals surface area contributed by atoms with E-state index in [0.717, 1.165) is 30.5 Å². The van der Waals surface area contributed by atoms with Gasteiger partial charge in [0.25, 0.3) is 0 Å². The lowest BCUT2D eigenvalue weighted by Crippen LogP contribution is -2.36. The zero-order chi connectivity index (χ0) is 15.5. The number of carbonyl (C=O) groups is 1. The second-order valence-corrected chi connectivity index (χ2v) is 5.54. The van der Waals surface area contributed by atoms with Crippen LogP contribution in [0.4, 0.5) is 0 Å². The lowest BCUT2D eigenvalue weighted by Gasteiger charge is -2.11. The molecule has 1 aromatic heterocycles. The quantitative estimate of drug-likeness (QED) is 0.900. The highest BCUT2D eigenvalue weighted by Crippen LogP contribution is 2.13. The van der Waals surface area contributed by atoms with Crippen molar-refractivity contribution in [3.05, 3.63) is 34.7 Å².